The lowest BCUT2D eigenvalue weighted by molar-refractivity contribution is -0.127. The molecular formula is C17H30IN5O. The summed E-state index contributed by atoms with van der Waals surface area (Å²) in [5.74, 6) is 0.677. The van der Waals surface area contributed by atoms with Crippen LogP contribution < -0.4 is 15.5 Å². The molecule has 0 aliphatic heterocycles. The number of aliphatic imine (C=N–C) groups is 1. The van der Waals surface area contributed by atoms with Crippen LogP contribution in [0.15, 0.2) is 35.3 Å². The maximum atomic E-state index is 11.6. The number of carbonyl (C=O) groups is 1. The third-order valence-corrected chi connectivity index (χ3v) is 3.38. The van der Waals surface area contributed by atoms with Crippen LogP contribution in [-0.4, -0.2) is 64.1 Å². The number of guanidine groups is 1. The number of hydrogen-bond donors (Lipinski definition) is 2. The van der Waals surface area contributed by atoms with E-state index >= 15 is 0 Å². The monoisotopic (exact) mass is 447 g/mol. The minimum atomic E-state index is -0.00832. The van der Waals surface area contributed by atoms with E-state index in [0.717, 1.165) is 26.1 Å². The molecule has 136 valence electrons. The van der Waals surface area contributed by atoms with Gasteiger partial charge in [-0.1, -0.05) is 18.2 Å². The summed E-state index contributed by atoms with van der Waals surface area (Å²) in [6.07, 6.45) is 0.984. The maximum Gasteiger partial charge on any atom is 0.243 e. The molecule has 0 atom stereocenters. The summed E-state index contributed by atoms with van der Waals surface area (Å²) in [4.78, 5) is 19.7. The fraction of sp³-hybridized carbons (Fsp3) is 0.529. The van der Waals surface area contributed by atoms with Crippen LogP contribution in [0.1, 0.15) is 13.3 Å². The Kier molecular flexibility index (Phi) is 12.0. The van der Waals surface area contributed by atoms with E-state index in [1.165, 1.54) is 5.69 Å². The van der Waals surface area contributed by atoms with E-state index in [1.807, 2.05) is 25.1 Å². The molecule has 0 bridgehead atoms. The van der Waals surface area contributed by atoms with E-state index in [4.69, 9.17) is 0 Å². The van der Waals surface area contributed by atoms with Crippen molar-refractivity contribution in [2.45, 2.75) is 13.3 Å². The van der Waals surface area contributed by atoms with Gasteiger partial charge in [0.1, 0.15) is 6.54 Å². The van der Waals surface area contributed by atoms with Gasteiger partial charge in [-0.15, -0.1) is 24.0 Å². The Bertz CT molecular complexity index is 493. The molecule has 0 unspecified atom stereocenters. The molecule has 0 spiro atoms. The van der Waals surface area contributed by atoms with Gasteiger partial charge in [0.15, 0.2) is 5.96 Å². The first-order valence-corrected chi connectivity index (χ1v) is 8.03. The molecule has 0 fully saturated rings. The van der Waals surface area contributed by atoms with Gasteiger partial charge >= 0.3 is 0 Å². The number of para-hydroxylation sites is 1. The van der Waals surface area contributed by atoms with E-state index in [9.17, 15) is 4.79 Å². The van der Waals surface area contributed by atoms with E-state index < -0.39 is 0 Å². The Morgan fingerprint density at radius 3 is 2.38 bits per heavy atom. The summed E-state index contributed by atoms with van der Waals surface area (Å²) < 4.78 is 0. The number of anilines is 1. The summed E-state index contributed by atoms with van der Waals surface area (Å²) in [6.45, 7) is 4.69. The van der Waals surface area contributed by atoms with Crippen LogP contribution in [0.25, 0.3) is 0 Å². The van der Waals surface area contributed by atoms with Gasteiger partial charge in [-0.25, -0.2) is 4.99 Å². The molecular weight excluding hydrogens is 417 g/mol. The number of carbonyl (C=O) groups excluding carboxylic acids is 1. The van der Waals surface area contributed by atoms with E-state index in [2.05, 4.69) is 39.7 Å². The predicted molar refractivity (Wildman–Crippen MR) is 112 cm³/mol. The number of nitrogens with zero attached hydrogens (tertiary/aromatic N) is 3. The highest BCUT2D eigenvalue weighted by Crippen LogP contribution is 2.10. The second-order valence-electron chi connectivity index (χ2n) is 5.52. The van der Waals surface area contributed by atoms with Crippen molar-refractivity contribution < 1.29 is 4.79 Å². The average molecular weight is 447 g/mol. The molecule has 0 aliphatic rings. The van der Waals surface area contributed by atoms with Crippen molar-refractivity contribution in [2.24, 2.45) is 4.99 Å². The van der Waals surface area contributed by atoms with Crippen LogP contribution in [0.5, 0.6) is 0 Å². The fourth-order valence-corrected chi connectivity index (χ4v) is 1.96. The van der Waals surface area contributed by atoms with Crippen molar-refractivity contribution in [3.05, 3.63) is 30.3 Å². The van der Waals surface area contributed by atoms with Crippen molar-refractivity contribution in [1.29, 1.82) is 0 Å². The summed E-state index contributed by atoms with van der Waals surface area (Å²) in [7, 11) is 5.56. The third kappa shape index (κ3) is 8.95. The number of rotatable bonds is 8. The molecule has 1 aromatic carbocycles. The number of likely N-dealkylation sites (N-methyl/N-ethyl adjacent to an activating group) is 1. The lowest BCUT2D eigenvalue weighted by atomic mass is 10.3. The van der Waals surface area contributed by atoms with E-state index in [-0.39, 0.29) is 36.4 Å². The first-order chi connectivity index (χ1) is 11.0. The SMILES string of the molecule is CCNC(=NCC(=O)N(C)C)NCCCN(C)c1ccccc1.I. The number of benzene rings is 1. The van der Waals surface area contributed by atoms with Crippen molar-refractivity contribution in [2.75, 3.05) is 52.2 Å². The highest BCUT2D eigenvalue weighted by atomic mass is 127. The van der Waals surface area contributed by atoms with Crippen molar-refractivity contribution in [3.63, 3.8) is 0 Å². The molecule has 1 rings (SSSR count). The average Bonchev–Trinajstić information content (AvgIpc) is 2.56. The lowest BCUT2D eigenvalue weighted by Crippen LogP contribution is -2.39. The van der Waals surface area contributed by atoms with Crippen LogP contribution in [0.2, 0.25) is 0 Å². The van der Waals surface area contributed by atoms with Crippen LogP contribution in [0, 0.1) is 0 Å². The largest absolute Gasteiger partial charge is 0.375 e. The molecule has 24 heavy (non-hydrogen) atoms. The van der Waals surface area contributed by atoms with Crippen molar-refractivity contribution >= 4 is 41.5 Å². The van der Waals surface area contributed by atoms with Crippen LogP contribution >= 0.6 is 24.0 Å². The quantitative estimate of drug-likeness (QED) is 0.276. The summed E-state index contributed by atoms with van der Waals surface area (Å²) in [5.41, 5.74) is 1.21. The molecule has 0 saturated heterocycles. The standard InChI is InChI=1S/C17H29N5O.HI/c1-5-18-17(20-14-16(23)21(2)3)19-12-9-13-22(4)15-10-7-6-8-11-15;/h6-8,10-11H,5,9,12-14H2,1-4H3,(H2,18,19,20);1H. The van der Waals surface area contributed by atoms with E-state index in [0.29, 0.717) is 5.96 Å². The third-order valence-electron chi connectivity index (χ3n) is 3.38. The van der Waals surface area contributed by atoms with Crippen LogP contribution in [0.4, 0.5) is 5.69 Å². The summed E-state index contributed by atoms with van der Waals surface area (Å²) >= 11 is 0. The van der Waals surface area contributed by atoms with Gasteiger partial charge in [-0.2, -0.15) is 0 Å². The fourth-order valence-electron chi connectivity index (χ4n) is 1.96. The Morgan fingerprint density at radius 1 is 1.12 bits per heavy atom. The number of nitrogens with one attached hydrogen (secondary N) is 2. The number of hydrogen-bond acceptors (Lipinski definition) is 3. The van der Waals surface area contributed by atoms with Crippen molar-refractivity contribution in [3.8, 4) is 0 Å². The van der Waals surface area contributed by atoms with Gasteiger partial charge in [0.2, 0.25) is 5.91 Å². The molecule has 1 amide bonds. The van der Waals surface area contributed by atoms with Gasteiger partial charge in [-0.3, -0.25) is 4.79 Å². The van der Waals surface area contributed by atoms with Crippen LogP contribution in [-0.2, 0) is 4.79 Å². The second kappa shape index (κ2) is 12.9. The highest BCUT2D eigenvalue weighted by molar-refractivity contribution is 14.0. The zero-order valence-electron chi connectivity index (χ0n) is 15.1. The van der Waals surface area contributed by atoms with E-state index in [1.54, 1.807) is 19.0 Å². The highest BCUT2D eigenvalue weighted by Gasteiger charge is 2.04. The Balaban J connectivity index is 0.00000529. The Hall–Kier alpha value is -1.51. The minimum Gasteiger partial charge on any atom is -0.375 e. The molecule has 0 radical (unpaired) electrons. The summed E-state index contributed by atoms with van der Waals surface area (Å²) in [6, 6.07) is 10.3. The van der Waals surface area contributed by atoms with Crippen LogP contribution in [0.3, 0.4) is 0 Å². The van der Waals surface area contributed by atoms with Crippen molar-refractivity contribution in [1.82, 2.24) is 15.5 Å². The second-order valence-corrected chi connectivity index (χ2v) is 5.52. The number of halogens is 1. The van der Waals surface area contributed by atoms with Gasteiger partial charge in [0.25, 0.3) is 0 Å². The molecule has 0 aromatic heterocycles. The molecule has 7 heteroatoms. The van der Waals surface area contributed by atoms with Gasteiger partial charge < -0.3 is 20.4 Å². The predicted octanol–water partition coefficient (Wildman–Crippen LogP) is 1.77. The molecule has 0 aliphatic carbocycles. The molecule has 1 aromatic rings. The first-order valence-electron chi connectivity index (χ1n) is 8.03. The molecule has 2 N–H and O–H groups in total. The zero-order chi connectivity index (χ0) is 17.1. The smallest absolute Gasteiger partial charge is 0.243 e. The number of amides is 1. The lowest BCUT2D eigenvalue weighted by Gasteiger charge is -2.19. The Labute approximate surface area is 162 Å². The minimum absolute atomic E-state index is 0. The van der Waals surface area contributed by atoms with Gasteiger partial charge in [0.05, 0.1) is 0 Å². The topological polar surface area (TPSA) is 60.0 Å². The molecule has 0 heterocycles. The first kappa shape index (κ1) is 22.5. The van der Waals surface area contributed by atoms with Gasteiger partial charge in [0, 0.05) is 46.5 Å². The molecule has 0 saturated carbocycles. The normalized spacial score (nSPS) is 10.6. The Morgan fingerprint density at radius 2 is 1.79 bits per heavy atom. The summed E-state index contributed by atoms with van der Waals surface area (Å²) in [5, 5.41) is 6.41. The van der Waals surface area contributed by atoms with Gasteiger partial charge in [-0.05, 0) is 25.5 Å². The molecule has 6 nitrogen and oxygen atoms in total. The maximum absolute atomic E-state index is 11.6. The zero-order valence-corrected chi connectivity index (χ0v) is 17.4.